The van der Waals surface area contributed by atoms with E-state index in [0.717, 1.165) is 5.57 Å². The van der Waals surface area contributed by atoms with Crippen molar-refractivity contribution in [3.8, 4) is 16.9 Å². The summed E-state index contributed by atoms with van der Waals surface area (Å²) < 4.78 is 25.1. The molecule has 0 radical (unpaired) electrons. The summed E-state index contributed by atoms with van der Waals surface area (Å²) in [6.45, 7) is 5.70. The lowest BCUT2D eigenvalue weighted by atomic mass is 9.71. The Bertz CT molecular complexity index is 1210. The molecule has 2 atom stereocenters. The fourth-order valence-electron chi connectivity index (χ4n) is 4.28. The van der Waals surface area contributed by atoms with Gasteiger partial charge in [0.25, 0.3) is 0 Å². The molecule has 0 bridgehead atoms. The zero-order valence-electron chi connectivity index (χ0n) is 20.0. The maximum Gasteiger partial charge on any atom is 0.313 e. The fraction of sp³-hybridized carbons (Fsp3) is 0.286. The van der Waals surface area contributed by atoms with Crippen molar-refractivity contribution in [3.05, 3.63) is 89.5 Å². The first-order valence-corrected chi connectivity index (χ1v) is 11.1. The van der Waals surface area contributed by atoms with Crippen molar-refractivity contribution in [2.24, 2.45) is 5.92 Å². The highest BCUT2D eigenvalue weighted by atomic mass is 19.1. The molecule has 184 valence electrons. The van der Waals surface area contributed by atoms with Crippen LogP contribution in [-0.2, 0) is 9.53 Å². The fourth-order valence-corrected chi connectivity index (χ4v) is 4.28. The van der Waals surface area contributed by atoms with Crippen LogP contribution < -0.4 is 4.74 Å². The number of Topliss-reactive ketones (excluding diaryl/α,β-unsaturated/α-hetero) is 1. The minimum absolute atomic E-state index is 0.225. The maximum absolute atomic E-state index is 14.6. The Balaban J connectivity index is 1.99. The van der Waals surface area contributed by atoms with E-state index in [1.165, 1.54) is 38.5 Å². The number of ether oxygens (including phenoxy) is 2. The zero-order chi connectivity index (χ0) is 25.8. The Morgan fingerprint density at radius 2 is 1.89 bits per heavy atom. The molecule has 0 amide bonds. The van der Waals surface area contributed by atoms with Gasteiger partial charge in [-0.2, -0.15) is 0 Å². The highest BCUT2D eigenvalue weighted by Crippen LogP contribution is 2.41. The third-order valence-electron chi connectivity index (χ3n) is 6.16. The van der Waals surface area contributed by atoms with Crippen molar-refractivity contribution in [1.29, 1.82) is 0 Å². The largest absolute Gasteiger partial charge is 0.497 e. The van der Waals surface area contributed by atoms with E-state index in [1.807, 2.05) is 6.92 Å². The van der Waals surface area contributed by atoms with Gasteiger partial charge >= 0.3 is 5.97 Å². The second-order valence-electron chi connectivity index (χ2n) is 8.63. The normalized spacial score (nSPS) is 19.4. The number of carbonyl (C=O) groups is 2. The Hall–Kier alpha value is -3.71. The van der Waals surface area contributed by atoms with Crippen LogP contribution in [0.25, 0.3) is 11.1 Å². The predicted octanol–water partition coefficient (Wildman–Crippen LogP) is 5.33. The van der Waals surface area contributed by atoms with Crippen LogP contribution in [0.1, 0.15) is 36.5 Å². The molecule has 7 heteroatoms. The maximum atomic E-state index is 14.6. The molecular formula is C28H29FO6. The highest BCUT2D eigenvalue weighted by Gasteiger charge is 2.48. The van der Waals surface area contributed by atoms with Gasteiger partial charge in [0, 0.05) is 29.2 Å². The average molecular weight is 481 g/mol. The van der Waals surface area contributed by atoms with Crippen molar-refractivity contribution in [2.45, 2.75) is 31.8 Å². The number of carboxylic acid groups (broad SMARTS) is 1. The van der Waals surface area contributed by atoms with Crippen molar-refractivity contribution < 1.29 is 33.7 Å². The number of carboxylic acids is 1. The lowest BCUT2D eigenvalue weighted by molar-refractivity contribution is -0.146. The summed E-state index contributed by atoms with van der Waals surface area (Å²) in [5, 5.41) is 21.5. The number of rotatable bonds is 10. The van der Waals surface area contributed by atoms with Crippen LogP contribution in [0.5, 0.6) is 5.75 Å². The number of benzene rings is 2. The van der Waals surface area contributed by atoms with Crippen molar-refractivity contribution >= 4 is 11.8 Å². The first-order chi connectivity index (χ1) is 16.6. The van der Waals surface area contributed by atoms with Crippen molar-refractivity contribution in [3.63, 3.8) is 0 Å². The molecule has 0 spiro atoms. The van der Waals surface area contributed by atoms with Gasteiger partial charge in [-0.15, -0.1) is 6.58 Å². The number of carbonyl (C=O) groups excluding carboxylic acids is 1. The molecule has 6 nitrogen and oxygen atoms in total. The van der Waals surface area contributed by atoms with E-state index in [-0.39, 0.29) is 17.5 Å². The number of aliphatic carboxylic acids is 1. The monoisotopic (exact) mass is 480 g/mol. The number of allylic oxidation sites excluding steroid dienone is 2. The number of hydrogen-bond donors (Lipinski definition) is 2. The lowest BCUT2D eigenvalue weighted by Gasteiger charge is -2.37. The van der Waals surface area contributed by atoms with E-state index in [4.69, 9.17) is 9.47 Å². The van der Waals surface area contributed by atoms with Gasteiger partial charge in [-0.1, -0.05) is 29.8 Å². The Morgan fingerprint density at radius 3 is 2.49 bits per heavy atom. The molecule has 1 aliphatic rings. The first-order valence-electron chi connectivity index (χ1n) is 11.1. The second kappa shape index (κ2) is 10.7. The van der Waals surface area contributed by atoms with Crippen LogP contribution in [-0.4, -0.2) is 41.8 Å². The SMILES string of the molecule is C=C(C)CCC1=C(OC)C=CC(C(=O)O)C1(O)CC(=O)c1cccc(-c2ccc(OC)cc2F)c1. The van der Waals surface area contributed by atoms with E-state index in [9.17, 15) is 24.2 Å². The minimum Gasteiger partial charge on any atom is -0.497 e. The van der Waals surface area contributed by atoms with Gasteiger partial charge in [0.2, 0.25) is 0 Å². The third kappa shape index (κ3) is 5.52. The Morgan fingerprint density at radius 1 is 1.14 bits per heavy atom. The smallest absolute Gasteiger partial charge is 0.313 e. The van der Waals surface area contributed by atoms with Gasteiger partial charge in [0.1, 0.15) is 28.8 Å². The van der Waals surface area contributed by atoms with E-state index in [1.54, 1.807) is 30.3 Å². The van der Waals surface area contributed by atoms with Gasteiger partial charge in [-0.3, -0.25) is 9.59 Å². The second-order valence-corrected chi connectivity index (χ2v) is 8.63. The van der Waals surface area contributed by atoms with Crippen LogP contribution in [0, 0.1) is 11.7 Å². The van der Waals surface area contributed by atoms with Gasteiger partial charge in [0.05, 0.1) is 14.2 Å². The quantitative estimate of drug-likeness (QED) is 0.353. The van der Waals surface area contributed by atoms with E-state index in [0.29, 0.717) is 29.1 Å². The molecule has 2 N–H and O–H groups in total. The van der Waals surface area contributed by atoms with Crippen molar-refractivity contribution in [2.75, 3.05) is 14.2 Å². The topological polar surface area (TPSA) is 93.1 Å². The van der Waals surface area contributed by atoms with Gasteiger partial charge in [-0.25, -0.2) is 4.39 Å². The van der Waals surface area contributed by atoms with Gasteiger partial charge in [-0.05, 0) is 49.6 Å². The molecule has 0 aromatic heterocycles. The number of ketones is 1. The number of hydrogen-bond acceptors (Lipinski definition) is 5. The molecule has 0 fully saturated rings. The summed E-state index contributed by atoms with van der Waals surface area (Å²) in [7, 11) is 2.87. The molecule has 1 aliphatic carbocycles. The van der Waals surface area contributed by atoms with Crippen LogP contribution in [0.3, 0.4) is 0 Å². The summed E-state index contributed by atoms with van der Waals surface area (Å²) >= 11 is 0. The Labute approximate surface area is 204 Å². The molecular weight excluding hydrogens is 451 g/mol. The van der Waals surface area contributed by atoms with Gasteiger partial charge < -0.3 is 19.7 Å². The number of methoxy groups -OCH3 is 2. The molecule has 35 heavy (non-hydrogen) atoms. The summed E-state index contributed by atoms with van der Waals surface area (Å²) in [4.78, 5) is 25.4. The van der Waals surface area contributed by atoms with Crippen molar-refractivity contribution in [1.82, 2.24) is 0 Å². The number of halogens is 1. The molecule has 0 aliphatic heterocycles. The predicted molar refractivity (Wildman–Crippen MR) is 131 cm³/mol. The molecule has 0 saturated carbocycles. The molecule has 2 unspecified atom stereocenters. The summed E-state index contributed by atoms with van der Waals surface area (Å²) in [5.41, 5.74) is 0.160. The molecule has 2 aromatic carbocycles. The van der Waals surface area contributed by atoms with Crippen LogP contribution in [0.2, 0.25) is 0 Å². The molecule has 0 heterocycles. The minimum atomic E-state index is -2.00. The van der Waals surface area contributed by atoms with E-state index >= 15 is 0 Å². The third-order valence-corrected chi connectivity index (χ3v) is 6.16. The van der Waals surface area contributed by atoms with Crippen LogP contribution >= 0.6 is 0 Å². The standard InChI is InChI=1S/C28H29FO6/c1-17(2)8-11-22-26(35-4)13-12-23(27(31)32)28(22,33)16-25(30)19-7-5-6-18(14-19)21-10-9-20(34-3)15-24(21)29/h5-7,9-10,12-15,23,33H,1,8,11,16H2,2-4H3,(H,31,32). The molecule has 3 rings (SSSR count). The van der Waals surface area contributed by atoms with E-state index < -0.39 is 35.5 Å². The van der Waals surface area contributed by atoms with Gasteiger partial charge in [0.15, 0.2) is 5.78 Å². The molecule has 0 saturated heterocycles. The van der Waals surface area contributed by atoms with Crippen LogP contribution in [0.4, 0.5) is 4.39 Å². The molecule has 2 aromatic rings. The summed E-state index contributed by atoms with van der Waals surface area (Å²) in [6, 6.07) is 10.8. The zero-order valence-corrected chi connectivity index (χ0v) is 20.0. The van der Waals surface area contributed by atoms with E-state index in [2.05, 4.69) is 6.58 Å². The Kier molecular flexibility index (Phi) is 7.92. The average Bonchev–Trinajstić information content (AvgIpc) is 2.82. The summed E-state index contributed by atoms with van der Waals surface area (Å²) in [5.74, 6) is -2.89. The summed E-state index contributed by atoms with van der Waals surface area (Å²) in [6.07, 6.45) is 3.14. The van der Waals surface area contributed by atoms with Crippen LogP contribution in [0.15, 0.2) is 78.1 Å². The number of aliphatic hydroxyl groups is 1. The highest BCUT2D eigenvalue weighted by molar-refractivity contribution is 5.98. The first kappa shape index (κ1) is 25.9. The lowest BCUT2D eigenvalue weighted by Crippen LogP contribution is -2.47.